The maximum Gasteiger partial charge on any atom is 0.355 e. The molecule has 5 nitrogen and oxygen atoms in total. The maximum absolute atomic E-state index is 14.6. The molecular weight excluding hydrogens is 494 g/mol. The quantitative estimate of drug-likeness (QED) is 0.249. The average molecular weight is 509 g/mol. The van der Waals surface area contributed by atoms with Gasteiger partial charge in [-0.05, 0) is 30.7 Å². The van der Waals surface area contributed by atoms with Crippen LogP contribution in [0.25, 0.3) is 10.1 Å². The third kappa shape index (κ3) is 3.99. The summed E-state index contributed by atoms with van der Waals surface area (Å²) in [5, 5.41) is 10.7. The number of nitrogens with two attached hydrogens (primary N) is 1. The molecule has 0 aliphatic carbocycles. The smallest absolute Gasteiger partial charge is 0.355 e. The minimum atomic E-state index is -0.922. The highest BCUT2D eigenvalue weighted by molar-refractivity contribution is 7.21. The van der Waals surface area contributed by atoms with E-state index in [9.17, 15) is 18.8 Å². The molecule has 0 saturated heterocycles. The van der Waals surface area contributed by atoms with E-state index < -0.39 is 23.5 Å². The fraction of sp³-hybridized carbons (Fsp3) is 0.0769. The van der Waals surface area contributed by atoms with Gasteiger partial charge in [0.25, 0.3) is 0 Å². The molecule has 0 fully saturated rings. The second-order valence-corrected chi connectivity index (χ2v) is 9.35. The number of carbonyl (C=O) groups is 1. The third-order valence-corrected chi connectivity index (χ3v) is 7.28. The zero-order valence-electron chi connectivity index (χ0n) is 18.1. The van der Waals surface area contributed by atoms with Gasteiger partial charge in [-0.3, -0.25) is 0 Å². The van der Waals surface area contributed by atoms with Crippen molar-refractivity contribution in [1.29, 1.82) is 5.26 Å². The molecule has 0 amide bonds. The lowest BCUT2D eigenvalue weighted by Crippen LogP contribution is -2.22. The van der Waals surface area contributed by atoms with Crippen LogP contribution in [0.2, 0.25) is 5.02 Å². The lowest BCUT2D eigenvalue weighted by atomic mass is 9.83. The molecule has 3 aromatic carbocycles. The Morgan fingerprint density at radius 3 is 2.66 bits per heavy atom. The highest BCUT2D eigenvalue weighted by Crippen LogP contribution is 2.44. The predicted molar refractivity (Wildman–Crippen MR) is 129 cm³/mol. The van der Waals surface area contributed by atoms with Gasteiger partial charge in [0.2, 0.25) is 5.88 Å². The summed E-state index contributed by atoms with van der Waals surface area (Å²) in [5.41, 5.74) is 7.45. The lowest BCUT2D eigenvalue weighted by Gasteiger charge is -2.27. The van der Waals surface area contributed by atoms with Crippen molar-refractivity contribution in [3.63, 3.8) is 0 Å². The number of fused-ring (bicyclic) bond motifs is 2. The summed E-state index contributed by atoms with van der Waals surface area (Å²) in [6, 6.07) is 15.2. The second-order valence-electron chi connectivity index (χ2n) is 7.92. The van der Waals surface area contributed by atoms with Crippen molar-refractivity contribution in [3.05, 3.63) is 104 Å². The van der Waals surface area contributed by atoms with Crippen molar-refractivity contribution in [2.75, 3.05) is 0 Å². The largest absolute Gasteiger partial charge is 0.440 e. The number of ether oxygens (including phenoxy) is 2. The molecule has 1 unspecified atom stereocenters. The topological polar surface area (TPSA) is 85.3 Å². The zero-order chi connectivity index (χ0) is 24.9. The van der Waals surface area contributed by atoms with E-state index in [4.69, 9.17) is 26.8 Å². The van der Waals surface area contributed by atoms with Gasteiger partial charge in [0.1, 0.15) is 39.7 Å². The van der Waals surface area contributed by atoms with Gasteiger partial charge in [0.05, 0.1) is 10.9 Å². The maximum atomic E-state index is 14.6. The summed E-state index contributed by atoms with van der Waals surface area (Å²) >= 11 is 7.64. The molecule has 1 aliphatic heterocycles. The standard InChI is InChI=1S/C26H15ClF2N2O3S/c1-12-2-5-17-21(8-12)35-24(23(17)27)26(32)33-14-4-7-16-20(10-14)34-25(31)18(11-30)22(16)15-6-3-13(28)9-19(15)29/h2-10,22H,31H2,1H3. The van der Waals surface area contributed by atoms with Crippen molar-refractivity contribution < 1.29 is 23.0 Å². The number of aryl methyl sites for hydroxylation is 1. The molecule has 1 atom stereocenters. The number of rotatable bonds is 3. The summed E-state index contributed by atoms with van der Waals surface area (Å²) in [4.78, 5) is 13.1. The number of hydrogen-bond donors (Lipinski definition) is 1. The number of nitrogens with zero attached hydrogens (tertiary/aromatic N) is 1. The van der Waals surface area contributed by atoms with Crippen LogP contribution in [0.1, 0.15) is 32.3 Å². The number of carbonyl (C=O) groups excluding carboxylic acids is 1. The number of thiophene rings is 1. The summed E-state index contributed by atoms with van der Waals surface area (Å²) < 4.78 is 40.1. The zero-order valence-corrected chi connectivity index (χ0v) is 19.6. The number of allylic oxidation sites excluding steroid dienone is 1. The number of nitriles is 1. The van der Waals surface area contributed by atoms with Gasteiger partial charge in [-0.15, -0.1) is 11.3 Å². The Morgan fingerprint density at radius 2 is 1.91 bits per heavy atom. The van der Waals surface area contributed by atoms with Gasteiger partial charge in [-0.1, -0.05) is 35.9 Å². The minimum absolute atomic E-state index is 0.0138. The first-order valence-electron chi connectivity index (χ1n) is 10.3. The molecule has 35 heavy (non-hydrogen) atoms. The third-order valence-electron chi connectivity index (χ3n) is 5.64. The number of hydrogen-bond acceptors (Lipinski definition) is 6. The fourth-order valence-corrected chi connectivity index (χ4v) is 5.49. The Bertz CT molecular complexity index is 1610. The first-order valence-corrected chi connectivity index (χ1v) is 11.5. The molecule has 4 aromatic rings. The molecule has 1 aromatic heterocycles. The van der Waals surface area contributed by atoms with E-state index in [0.717, 1.165) is 27.8 Å². The van der Waals surface area contributed by atoms with Gasteiger partial charge < -0.3 is 15.2 Å². The van der Waals surface area contributed by atoms with Gasteiger partial charge >= 0.3 is 5.97 Å². The van der Waals surface area contributed by atoms with Crippen molar-refractivity contribution in [3.8, 4) is 17.6 Å². The summed E-state index contributed by atoms with van der Waals surface area (Å²) in [6.45, 7) is 1.95. The van der Waals surface area contributed by atoms with E-state index in [0.29, 0.717) is 10.6 Å². The van der Waals surface area contributed by atoms with E-state index in [1.165, 1.54) is 29.5 Å². The molecule has 0 spiro atoms. The van der Waals surface area contributed by atoms with Crippen molar-refractivity contribution in [2.24, 2.45) is 5.73 Å². The summed E-state index contributed by atoms with van der Waals surface area (Å²) in [5.74, 6) is -3.04. The molecule has 9 heteroatoms. The van der Waals surface area contributed by atoms with E-state index in [-0.39, 0.29) is 33.4 Å². The van der Waals surface area contributed by atoms with Crippen LogP contribution >= 0.6 is 22.9 Å². The summed E-state index contributed by atoms with van der Waals surface area (Å²) in [6.07, 6.45) is 0. The van der Waals surface area contributed by atoms with Crippen molar-refractivity contribution in [2.45, 2.75) is 12.8 Å². The molecule has 2 N–H and O–H groups in total. The van der Waals surface area contributed by atoms with Crippen LogP contribution in [-0.2, 0) is 0 Å². The highest BCUT2D eigenvalue weighted by atomic mass is 35.5. The molecule has 1 aliphatic rings. The number of benzene rings is 3. The molecule has 0 radical (unpaired) electrons. The van der Waals surface area contributed by atoms with Crippen LogP contribution in [0.15, 0.2) is 66.1 Å². The van der Waals surface area contributed by atoms with Crippen LogP contribution in [0.4, 0.5) is 8.78 Å². The van der Waals surface area contributed by atoms with Gasteiger partial charge in [0, 0.05) is 33.3 Å². The SMILES string of the molecule is Cc1ccc2c(Cl)c(C(=O)Oc3ccc4c(c3)OC(N)=C(C#N)C4c3ccc(F)cc3F)sc2c1. The van der Waals surface area contributed by atoms with Gasteiger partial charge in [-0.2, -0.15) is 5.26 Å². The van der Waals surface area contributed by atoms with E-state index in [1.54, 1.807) is 6.07 Å². The Balaban J connectivity index is 1.51. The number of halogens is 3. The van der Waals surface area contributed by atoms with Crippen LogP contribution < -0.4 is 15.2 Å². The van der Waals surface area contributed by atoms with Crippen LogP contribution in [-0.4, -0.2) is 5.97 Å². The van der Waals surface area contributed by atoms with Crippen LogP contribution in [0.5, 0.6) is 11.5 Å². The van der Waals surface area contributed by atoms with E-state index in [2.05, 4.69) is 0 Å². The Morgan fingerprint density at radius 1 is 1.14 bits per heavy atom. The molecule has 174 valence electrons. The first kappa shape index (κ1) is 22.8. The Kier molecular flexibility index (Phi) is 5.67. The lowest BCUT2D eigenvalue weighted by molar-refractivity contribution is 0.0740. The Labute approximate surface area is 207 Å². The van der Waals surface area contributed by atoms with E-state index >= 15 is 0 Å². The minimum Gasteiger partial charge on any atom is -0.440 e. The van der Waals surface area contributed by atoms with Crippen LogP contribution in [0, 0.1) is 29.9 Å². The Hall–Kier alpha value is -3.93. The first-order chi connectivity index (χ1) is 16.8. The summed E-state index contributed by atoms with van der Waals surface area (Å²) in [7, 11) is 0. The predicted octanol–water partition coefficient (Wildman–Crippen LogP) is 6.58. The highest BCUT2D eigenvalue weighted by Gasteiger charge is 2.33. The van der Waals surface area contributed by atoms with Gasteiger partial charge in [-0.25, -0.2) is 13.6 Å². The van der Waals surface area contributed by atoms with Gasteiger partial charge in [0.15, 0.2) is 0 Å². The molecule has 0 bridgehead atoms. The normalized spacial score (nSPS) is 14.9. The second kappa shape index (κ2) is 8.69. The molecule has 2 heterocycles. The monoisotopic (exact) mass is 508 g/mol. The van der Waals surface area contributed by atoms with E-state index in [1.807, 2.05) is 31.2 Å². The number of esters is 1. The van der Waals surface area contributed by atoms with Crippen LogP contribution in [0.3, 0.4) is 0 Å². The van der Waals surface area contributed by atoms with Crippen molar-refractivity contribution in [1.82, 2.24) is 0 Å². The molecule has 5 rings (SSSR count). The molecule has 0 saturated carbocycles. The average Bonchev–Trinajstić information content (AvgIpc) is 3.14. The van der Waals surface area contributed by atoms with Crippen molar-refractivity contribution >= 4 is 39.0 Å². The fourth-order valence-electron chi connectivity index (χ4n) is 4.01. The molecular formula is C26H15ClF2N2O3S.